The van der Waals surface area contributed by atoms with Gasteiger partial charge in [0.05, 0.1) is 11.1 Å². The predicted molar refractivity (Wildman–Crippen MR) is 104 cm³/mol. The highest BCUT2D eigenvalue weighted by Crippen LogP contribution is 2.39. The molecular formula is C21H28ClFN2O2. The van der Waals surface area contributed by atoms with Crippen LogP contribution < -0.4 is 0 Å². The number of rotatable bonds is 3. The highest BCUT2D eigenvalue weighted by molar-refractivity contribution is 6.30. The van der Waals surface area contributed by atoms with Crippen LogP contribution in [-0.2, 0) is 4.74 Å². The highest BCUT2D eigenvalue weighted by atomic mass is 35.5. The standard InChI is InChI=1S/C21H28ClFN2O2/c22-18-6-5-16(14-19(18)23)20(26)24-10-2-7-21(9-12-24)8-3-11-25(21)15-17-4-1-13-27-17/h5-6,14,17H,1-4,7-13,15H2/t17-,21-/m1/s1. The molecule has 27 heavy (non-hydrogen) atoms. The summed E-state index contributed by atoms with van der Waals surface area (Å²) in [6.45, 7) is 4.52. The molecule has 1 aromatic carbocycles. The van der Waals surface area contributed by atoms with E-state index in [1.54, 1.807) is 6.07 Å². The monoisotopic (exact) mass is 394 g/mol. The second kappa shape index (κ2) is 8.06. The van der Waals surface area contributed by atoms with Crippen molar-refractivity contribution in [3.05, 3.63) is 34.6 Å². The number of likely N-dealkylation sites (tertiary alicyclic amines) is 2. The zero-order chi connectivity index (χ0) is 18.9. The van der Waals surface area contributed by atoms with Gasteiger partial charge < -0.3 is 9.64 Å². The number of amides is 1. The zero-order valence-electron chi connectivity index (χ0n) is 15.8. The summed E-state index contributed by atoms with van der Waals surface area (Å²) in [5.74, 6) is -0.626. The van der Waals surface area contributed by atoms with Crippen molar-refractivity contribution < 1.29 is 13.9 Å². The van der Waals surface area contributed by atoms with Gasteiger partial charge in [-0.2, -0.15) is 0 Å². The summed E-state index contributed by atoms with van der Waals surface area (Å²) in [6.07, 6.45) is 8.24. The van der Waals surface area contributed by atoms with Gasteiger partial charge in [-0.15, -0.1) is 0 Å². The fourth-order valence-corrected chi connectivity index (χ4v) is 5.19. The molecule has 0 N–H and O–H groups in total. The lowest BCUT2D eigenvalue weighted by Gasteiger charge is -2.39. The van der Waals surface area contributed by atoms with E-state index in [0.29, 0.717) is 11.7 Å². The van der Waals surface area contributed by atoms with Crippen LogP contribution in [0, 0.1) is 5.82 Å². The Morgan fingerprint density at radius 3 is 2.74 bits per heavy atom. The van der Waals surface area contributed by atoms with Crippen LogP contribution in [0.3, 0.4) is 0 Å². The van der Waals surface area contributed by atoms with Crippen molar-refractivity contribution >= 4 is 17.5 Å². The number of ether oxygens (including phenoxy) is 1. The molecule has 0 saturated carbocycles. The smallest absolute Gasteiger partial charge is 0.253 e. The maximum absolute atomic E-state index is 13.8. The Labute approximate surface area is 165 Å². The van der Waals surface area contributed by atoms with E-state index in [9.17, 15) is 9.18 Å². The number of carbonyl (C=O) groups is 1. The zero-order valence-corrected chi connectivity index (χ0v) is 16.5. The van der Waals surface area contributed by atoms with Gasteiger partial charge in [0.2, 0.25) is 0 Å². The number of hydrogen-bond donors (Lipinski definition) is 0. The van der Waals surface area contributed by atoms with Crippen molar-refractivity contribution in [1.82, 2.24) is 9.80 Å². The SMILES string of the molecule is O=C(c1ccc(Cl)c(F)c1)N1CCC[C@@]2(CCCN2C[C@H]2CCCO2)CC1. The Balaban J connectivity index is 1.43. The molecule has 148 valence electrons. The predicted octanol–water partition coefficient (Wildman–Crippen LogP) is 4.12. The van der Waals surface area contributed by atoms with Gasteiger partial charge in [0.1, 0.15) is 5.82 Å². The molecule has 3 aliphatic rings. The first-order valence-corrected chi connectivity index (χ1v) is 10.6. The Morgan fingerprint density at radius 2 is 2.00 bits per heavy atom. The van der Waals surface area contributed by atoms with Crippen molar-refractivity contribution in [3.8, 4) is 0 Å². The largest absolute Gasteiger partial charge is 0.377 e. The summed E-state index contributed by atoms with van der Waals surface area (Å²) in [4.78, 5) is 17.4. The van der Waals surface area contributed by atoms with Gasteiger partial charge in [0.15, 0.2) is 0 Å². The quantitative estimate of drug-likeness (QED) is 0.773. The van der Waals surface area contributed by atoms with Crippen molar-refractivity contribution in [1.29, 1.82) is 0 Å². The third-order valence-corrected chi connectivity index (χ3v) is 6.87. The summed E-state index contributed by atoms with van der Waals surface area (Å²) < 4.78 is 19.6. The van der Waals surface area contributed by atoms with E-state index in [4.69, 9.17) is 16.3 Å². The lowest BCUT2D eigenvalue weighted by Crippen LogP contribution is -2.47. The molecule has 1 amide bonds. The first-order valence-electron chi connectivity index (χ1n) is 10.2. The number of halogens is 2. The van der Waals surface area contributed by atoms with Gasteiger partial charge in [-0.25, -0.2) is 4.39 Å². The lowest BCUT2D eigenvalue weighted by atomic mass is 9.87. The fourth-order valence-electron chi connectivity index (χ4n) is 5.07. The summed E-state index contributed by atoms with van der Waals surface area (Å²) >= 11 is 5.75. The Bertz CT molecular complexity index is 695. The molecule has 4 nitrogen and oxygen atoms in total. The lowest BCUT2D eigenvalue weighted by molar-refractivity contribution is 0.0339. The molecule has 0 aliphatic carbocycles. The van der Waals surface area contributed by atoms with Crippen LogP contribution in [0.25, 0.3) is 0 Å². The van der Waals surface area contributed by atoms with Gasteiger partial charge in [0, 0.05) is 37.3 Å². The van der Waals surface area contributed by atoms with E-state index >= 15 is 0 Å². The highest BCUT2D eigenvalue weighted by Gasteiger charge is 2.43. The van der Waals surface area contributed by atoms with E-state index in [0.717, 1.165) is 52.0 Å². The minimum Gasteiger partial charge on any atom is -0.377 e. The molecule has 3 saturated heterocycles. The molecule has 1 aromatic rings. The van der Waals surface area contributed by atoms with E-state index in [1.165, 1.54) is 37.8 Å². The molecule has 2 atom stereocenters. The number of nitrogens with zero attached hydrogens (tertiary/aromatic N) is 2. The number of hydrogen-bond acceptors (Lipinski definition) is 3. The van der Waals surface area contributed by atoms with Gasteiger partial charge in [-0.1, -0.05) is 11.6 Å². The average molecular weight is 395 g/mol. The van der Waals surface area contributed by atoms with Crippen LogP contribution in [-0.4, -0.2) is 60.1 Å². The Kier molecular flexibility index (Phi) is 5.72. The second-order valence-corrected chi connectivity index (χ2v) is 8.59. The minimum absolute atomic E-state index is 0.0529. The van der Waals surface area contributed by atoms with Gasteiger partial charge in [-0.05, 0) is 69.7 Å². The van der Waals surface area contributed by atoms with Crippen molar-refractivity contribution in [2.45, 2.75) is 56.6 Å². The van der Waals surface area contributed by atoms with Crippen molar-refractivity contribution in [2.24, 2.45) is 0 Å². The molecule has 6 heteroatoms. The normalized spacial score (nSPS) is 29.4. The van der Waals surface area contributed by atoms with Crippen molar-refractivity contribution in [2.75, 3.05) is 32.8 Å². The van der Waals surface area contributed by atoms with Crippen LogP contribution >= 0.6 is 11.6 Å². The van der Waals surface area contributed by atoms with E-state index in [1.807, 2.05) is 4.90 Å². The number of benzene rings is 1. The maximum atomic E-state index is 13.8. The fraction of sp³-hybridized carbons (Fsp3) is 0.667. The average Bonchev–Trinajstić information content (AvgIpc) is 3.25. The first kappa shape index (κ1) is 19.2. The minimum atomic E-state index is -0.535. The van der Waals surface area contributed by atoms with Crippen LogP contribution in [0.2, 0.25) is 5.02 Å². The van der Waals surface area contributed by atoms with Crippen LogP contribution in [0.4, 0.5) is 4.39 Å². The van der Waals surface area contributed by atoms with E-state index < -0.39 is 5.82 Å². The molecular weight excluding hydrogens is 367 g/mol. The molecule has 0 unspecified atom stereocenters. The summed E-state index contributed by atoms with van der Waals surface area (Å²) in [5, 5.41) is 0.0529. The Hall–Kier alpha value is -1.17. The second-order valence-electron chi connectivity index (χ2n) is 8.18. The van der Waals surface area contributed by atoms with Crippen molar-refractivity contribution in [3.63, 3.8) is 0 Å². The van der Waals surface area contributed by atoms with Gasteiger partial charge in [0.25, 0.3) is 5.91 Å². The molecule has 0 bridgehead atoms. The van der Waals surface area contributed by atoms with Gasteiger partial charge >= 0.3 is 0 Å². The molecule has 4 rings (SSSR count). The summed E-state index contributed by atoms with van der Waals surface area (Å²) in [5.41, 5.74) is 0.585. The van der Waals surface area contributed by atoms with E-state index in [2.05, 4.69) is 4.90 Å². The molecule has 1 spiro atoms. The third-order valence-electron chi connectivity index (χ3n) is 6.56. The number of carbonyl (C=O) groups excluding carboxylic acids is 1. The molecule has 3 fully saturated rings. The summed E-state index contributed by atoms with van der Waals surface area (Å²) in [6, 6.07) is 4.34. The van der Waals surface area contributed by atoms with Crippen LogP contribution in [0.5, 0.6) is 0 Å². The Morgan fingerprint density at radius 1 is 1.19 bits per heavy atom. The molecule has 3 aliphatic heterocycles. The topological polar surface area (TPSA) is 32.8 Å². The van der Waals surface area contributed by atoms with Crippen LogP contribution in [0.15, 0.2) is 18.2 Å². The first-order chi connectivity index (χ1) is 13.1. The summed E-state index contributed by atoms with van der Waals surface area (Å²) in [7, 11) is 0. The molecule has 0 aromatic heterocycles. The van der Waals surface area contributed by atoms with E-state index in [-0.39, 0.29) is 16.5 Å². The third kappa shape index (κ3) is 4.01. The molecule has 0 radical (unpaired) electrons. The molecule has 3 heterocycles. The van der Waals surface area contributed by atoms with Crippen LogP contribution in [0.1, 0.15) is 55.3 Å². The van der Waals surface area contributed by atoms with Gasteiger partial charge in [-0.3, -0.25) is 9.69 Å². The maximum Gasteiger partial charge on any atom is 0.253 e.